The van der Waals surface area contributed by atoms with Gasteiger partial charge >= 0.3 is 0 Å². The van der Waals surface area contributed by atoms with Crippen LogP contribution in [0.15, 0.2) is 23.2 Å². The van der Waals surface area contributed by atoms with E-state index in [1.54, 1.807) is 25.2 Å². The molecular formula is C10H13N3O. The first-order valence-electron chi connectivity index (χ1n) is 4.14. The Morgan fingerprint density at radius 3 is 2.86 bits per heavy atom. The van der Waals surface area contributed by atoms with Crippen molar-refractivity contribution < 1.29 is 4.74 Å². The van der Waals surface area contributed by atoms with E-state index in [4.69, 9.17) is 15.9 Å². The maximum absolute atomic E-state index is 7.69. The van der Waals surface area contributed by atoms with Crippen molar-refractivity contribution in [3.8, 4) is 5.75 Å². The zero-order valence-corrected chi connectivity index (χ0v) is 8.24. The first kappa shape index (κ1) is 10.2. The molecule has 0 saturated carbocycles. The molecule has 3 N–H and O–H groups in total. The quantitative estimate of drug-likeness (QED) is 0.559. The van der Waals surface area contributed by atoms with Crippen LogP contribution in [0.3, 0.4) is 0 Å². The second-order valence-corrected chi connectivity index (χ2v) is 2.73. The smallest absolute Gasteiger partial charge is 0.151 e. The van der Waals surface area contributed by atoms with Gasteiger partial charge in [-0.3, -0.25) is 10.4 Å². The Hall–Kier alpha value is -1.84. The molecule has 4 heteroatoms. The molecule has 14 heavy (non-hydrogen) atoms. The molecule has 74 valence electrons. The Morgan fingerprint density at radius 1 is 1.57 bits per heavy atom. The van der Waals surface area contributed by atoms with Crippen LogP contribution in [0.5, 0.6) is 5.75 Å². The fourth-order valence-electron chi connectivity index (χ4n) is 1.19. The van der Waals surface area contributed by atoms with Crippen molar-refractivity contribution in [1.82, 2.24) is 0 Å². The summed E-state index contributed by atoms with van der Waals surface area (Å²) in [6.07, 6.45) is 1.46. The van der Waals surface area contributed by atoms with Crippen LogP contribution in [0.2, 0.25) is 0 Å². The van der Waals surface area contributed by atoms with Gasteiger partial charge in [-0.15, -0.1) is 0 Å². The van der Waals surface area contributed by atoms with Gasteiger partial charge in [0.05, 0.1) is 18.5 Å². The van der Waals surface area contributed by atoms with Crippen LogP contribution >= 0.6 is 0 Å². The van der Waals surface area contributed by atoms with Gasteiger partial charge in [0.15, 0.2) is 5.75 Å². The van der Waals surface area contributed by atoms with Gasteiger partial charge in [0.25, 0.3) is 0 Å². The number of nitrogens with two attached hydrogens (primary N) is 1. The lowest BCUT2D eigenvalue weighted by Crippen LogP contribution is -2.05. The van der Waals surface area contributed by atoms with E-state index in [-0.39, 0.29) is 5.71 Å². The van der Waals surface area contributed by atoms with Crippen molar-refractivity contribution in [2.24, 2.45) is 4.99 Å². The number of anilines is 1. The van der Waals surface area contributed by atoms with E-state index in [1.165, 1.54) is 13.3 Å². The van der Waals surface area contributed by atoms with E-state index in [0.717, 1.165) is 0 Å². The average molecular weight is 191 g/mol. The highest BCUT2D eigenvalue weighted by Crippen LogP contribution is 2.25. The number of ether oxygens (including phenoxy) is 1. The number of methoxy groups -OCH3 is 1. The van der Waals surface area contributed by atoms with Crippen LogP contribution in [0.4, 0.5) is 5.69 Å². The number of nitrogens with zero attached hydrogens (tertiary/aromatic N) is 1. The molecule has 1 aromatic rings. The first-order chi connectivity index (χ1) is 6.70. The van der Waals surface area contributed by atoms with Gasteiger partial charge in [0.1, 0.15) is 0 Å². The van der Waals surface area contributed by atoms with Crippen LogP contribution < -0.4 is 10.5 Å². The minimum atomic E-state index is 0.289. The van der Waals surface area contributed by atoms with E-state index < -0.39 is 0 Å². The van der Waals surface area contributed by atoms with Gasteiger partial charge < -0.3 is 10.5 Å². The summed E-state index contributed by atoms with van der Waals surface area (Å²) >= 11 is 0. The molecule has 0 aromatic heterocycles. The van der Waals surface area contributed by atoms with Crippen molar-refractivity contribution in [1.29, 1.82) is 5.41 Å². The molecule has 0 aliphatic rings. The van der Waals surface area contributed by atoms with E-state index in [2.05, 4.69) is 4.99 Å². The minimum absolute atomic E-state index is 0.289. The summed E-state index contributed by atoms with van der Waals surface area (Å²) in [6.45, 7) is 0. The molecule has 0 heterocycles. The van der Waals surface area contributed by atoms with Crippen molar-refractivity contribution in [3.63, 3.8) is 0 Å². The highest BCUT2D eigenvalue weighted by Gasteiger charge is 2.08. The lowest BCUT2D eigenvalue weighted by atomic mass is 10.1. The molecule has 4 nitrogen and oxygen atoms in total. The Kier molecular flexibility index (Phi) is 3.23. The minimum Gasteiger partial charge on any atom is -0.494 e. The van der Waals surface area contributed by atoms with Crippen molar-refractivity contribution in [2.75, 3.05) is 19.9 Å². The SMILES string of the molecule is CN=CC(=N)c1cccc(N)c1OC. The second kappa shape index (κ2) is 4.41. The van der Waals surface area contributed by atoms with Crippen molar-refractivity contribution in [2.45, 2.75) is 0 Å². The zero-order valence-electron chi connectivity index (χ0n) is 8.24. The van der Waals surface area contributed by atoms with E-state index >= 15 is 0 Å². The van der Waals surface area contributed by atoms with Crippen LogP contribution in [-0.2, 0) is 0 Å². The topological polar surface area (TPSA) is 71.5 Å². The van der Waals surface area contributed by atoms with Gasteiger partial charge in [0.2, 0.25) is 0 Å². The molecule has 0 spiro atoms. The van der Waals surface area contributed by atoms with Gasteiger partial charge in [-0.05, 0) is 12.1 Å². The monoisotopic (exact) mass is 191 g/mol. The number of nitrogen functional groups attached to an aromatic ring is 1. The largest absolute Gasteiger partial charge is 0.494 e. The molecule has 0 aliphatic carbocycles. The molecule has 1 aromatic carbocycles. The first-order valence-corrected chi connectivity index (χ1v) is 4.14. The number of nitrogens with one attached hydrogen (secondary N) is 1. The molecule has 0 aliphatic heterocycles. The van der Waals surface area contributed by atoms with Crippen LogP contribution in [0.1, 0.15) is 5.56 Å². The molecule has 0 fully saturated rings. The summed E-state index contributed by atoms with van der Waals surface area (Å²) in [5, 5.41) is 7.69. The summed E-state index contributed by atoms with van der Waals surface area (Å²) in [6, 6.07) is 5.29. The molecule has 0 saturated heterocycles. The second-order valence-electron chi connectivity index (χ2n) is 2.73. The number of hydrogen-bond donors (Lipinski definition) is 2. The normalized spacial score (nSPS) is 10.4. The standard InChI is InChI=1S/C10H13N3O/c1-13-6-9(12)7-4-3-5-8(11)10(7)14-2/h3-6,12H,11H2,1-2H3. The summed E-state index contributed by atoms with van der Waals surface area (Å²) in [5.41, 5.74) is 7.17. The average Bonchev–Trinajstić information content (AvgIpc) is 2.17. The van der Waals surface area contributed by atoms with Gasteiger partial charge in [-0.1, -0.05) is 6.07 Å². The predicted octanol–water partition coefficient (Wildman–Crippen LogP) is 1.35. The highest BCUT2D eigenvalue weighted by molar-refractivity contribution is 6.37. The Bertz CT molecular complexity index is 372. The lowest BCUT2D eigenvalue weighted by molar-refractivity contribution is 0.416. The van der Waals surface area contributed by atoms with Crippen LogP contribution in [0, 0.1) is 5.41 Å². The number of aliphatic imine (C=N–C) groups is 1. The van der Waals surface area contributed by atoms with Crippen molar-refractivity contribution in [3.05, 3.63) is 23.8 Å². The summed E-state index contributed by atoms with van der Waals surface area (Å²) < 4.78 is 5.12. The molecular weight excluding hydrogens is 178 g/mol. The fraction of sp³-hybridized carbons (Fsp3) is 0.200. The summed E-state index contributed by atoms with van der Waals surface area (Å²) in [4.78, 5) is 3.77. The zero-order chi connectivity index (χ0) is 10.6. The molecule has 0 bridgehead atoms. The molecule has 0 radical (unpaired) electrons. The number of rotatable bonds is 3. The van der Waals surface area contributed by atoms with Gasteiger partial charge in [0, 0.05) is 18.8 Å². The lowest BCUT2D eigenvalue weighted by Gasteiger charge is -2.09. The Balaban J connectivity index is 3.20. The molecule has 1 rings (SSSR count). The number of hydrogen-bond acceptors (Lipinski definition) is 4. The van der Waals surface area contributed by atoms with Gasteiger partial charge in [-0.25, -0.2) is 0 Å². The highest BCUT2D eigenvalue weighted by atomic mass is 16.5. The summed E-state index contributed by atoms with van der Waals surface area (Å²) in [7, 11) is 3.15. The maximum atomic E-state index is 7.69. The number of para-hydroxylation sites is 1. The third kappa shape index (κ3) is 1.90. The maximum Gasteiger partial charge on any atom is 0.151 e. The van der Waals surface area contributed by atoms with E-state index in [9.17, 15) is 0 Å². The Labute approximate surface area is 82.9 Å². The molecule has 0 atom stereocenters. The summed E-state index contributed by atoms with van der Waals surface area (Å²) in [5.74, 6) is 0.525. The van der Waals surface area contributed by atoms with E-state index in [1.807, 2.05) is 0 Å². The van der Waals surface area contributed by atoms with Crippen molar-refractivity contribution >= 4 is 17.6 Å². The van der Waals surface area contributed by atoms with Crippen LogP contribution in [0.25, 0.3) is 0 Å². The third-order valence-corrected chi connectivity index (χ3v) is 1.80. The fourth-order valence-corrected chi connectivity index (χ4v) is 1.19. The molecule has 0 unspecified atom stereocenters. The van der Waals surface area contributed by atoms with Gasteiger partial charge in [-0.2, -0.15) is 0 Å². The third-order valence-electron chi connectivity index (χ3n) is 1.80. The van der Waals surface area contributed by atoms with Crippen LogP contribution in [-0.4, -0.2) is 26.1 Å². The number of benzene rings is 1. The Morgan fingerprint density at radius 2 is 2.29 bits per heavy atom. The van der Waals surface area contributed by atoms with E-state index in [0.29, 0.717) is 17.0 Å². The molecule has 0 amide bonds. The predicted molar refractivity (Wildman–Crippen MR) is 58.7 cm³/mol.